The Morgan fingerprint density at radius 2 is 2.35 bits per heavy atom. The lowest BCUT2D eigenvalue weighted by Gasteiger charge is -2.04. The summed E-state index contributed by atoms with van der Waals surface area (Å²) in [5.41, 5.74) is 4.45. The van der Waals surface area contributed by atoms with E-state index in [-0.39, 0.29) is 24.8 Å². The van der Waals surface area contributed by atoms with Crippen LogP contribution in [0.1, 0.15) is 23.7 Å². The van der Waals surface area contributed by atoms with E-state index in [4.69, 9.17) is 9.47 Å². The number of carbonyl (C=O) groups excluding carboxylic acids is 1. The summed E-state index contributed by atoms with van der Waals surface area (Å²) in [4.78, 5) is 15.6. The third-order valence-electron chi connectivity index (χ3n) is 3.13. The zero-order valence-corrected chi connectivity index (χ0v) is 15.2. The monoisotopic (exact) mass is 377 g/mol. The number of benzene rings is 1. The second-order valence-electron chi connectivity index (χ2n) is 5.15. The molecule has 0 fully saturated rings. The molecule has 0 radical (unpaired) electrons. The maximum atomic E-state index is 14.0. The van der Waals surface area contributed by atoms with Crippen LogP contribution in [0.5, 0.6) is 0 Å². The van der Waals surface area contributed by atoms with Crippen LogP contribution in [0.15, 0.2) is 41.3 Å². The maximum Gasteiger partial charge on any atom is 0.311 e. The van der Waals surface area contributed by atoms with Crippen LogP contribution in [-0.2, 0) is 27.3 Å². The second kappa shape index (κ2) is 10.4. The highest BCUT2D eigenvalue weighted by atomic mass is 32.1. The summed E-state index contributed by atoms with van der Waals surface area (Å²) < 4.78 is 24.1. The number of thiazole rings is 1. The van der Waals surface area contributed by atoms with E-state index in [1.165, 1.54) is 23.6 Å². The molecule has 0 amide bonds. The van der Waals surface area contributed by atoms with Crippen molar-refractivity contribution in [3.8, 4) is 0 Å². The molecule has 0 saturated carbocycles. The molecule has 1 heterocycles. The second-order valence-corrected chi connectivity index (χ2v) is 6.01. The van der Waals surface area contributed by atoms with Crippen LogP contribution in [0.4, 0.5) is 9.52 Å². The van der Waals surface area contributed by atoms with Gasteiger partial charge in [0.15, 0.2) is 0 Å². The van der Waals surface area contributed by atoms with Crippen LogP contribution in [0, 0.1) is 5.82 Å². The minimum atomic E-state index is -0.357. The predicted octanol–water partition coefficient (Wildman–Crippen LogP) is 3.54. The number of rotatable bonds is 10. The average Bonchev–Trinajstić information content (AvgIpc) is 3.04. The summed E-state index contributed by atoms with van der Waals surface area (Å²) in [5, 5.41) is 6.33. The van der Waals surface area contributed by atoms with Crippen LogP contribution in [-0.4, -0.2) is 30.4 Å². The van der Waals surface area contributed by atoms with Gasteiger partial charge in [-0.15, -0.1) is 17.9 Å². The summed E-state index contributed by atoms with van der Waals surface area (Å²) in [6, 6.07) is 4.78. The first-order valence-electron chi connectivity index (χ1n) is 7.98. The van der Waals surface area contributed by atoms with E-state index in [0.29, 0.717) is 35.2 Å². The molecule has 2 rings (SSSR count). The standard InChI is InChI=1S/C18H20FN3O3S/c1-3-7-24-11-14-6-5-13(8-16(14)19)10-20-22-18-21-15(12-26-18)9-17(23)25-4-2/h3,5-6,8,10,12H,1,4,7,9,11H2,2H3,(H,21,22). The molecule has 1 aromatic carbocycles. The number of nitrogens with one attached hydrogen (secondary N) is 1. The number of anilines is 1. The topological polar surface area (TPSA) is 72.8 Å². The van der Waals surface area contributed by atoms with Crippen molar-refractivity contribution in [3.05, 3.63) is 58.9 Å². The summed E-state index contributed by atoms with van der Waals surface area (Å²) in [6.07, 6.45) is 3.22. The quantitative estimate of drug-likeness (QED) is 0.225. The summed E-state index contributed by atoms with van der Waals surface area (Å²) in [7, 11) is 0. The summed E-state index contributed by atoms with van der Waals surface area (Å²) in [6.45, 7) is 6.20. The highest BCUT2D eigenvalue weighted by Gasteiger charge is 2.08. The summed E-state index contributed by atoms with van der Waals surface area (Å²) in [5.74, 6) is -0.676. The van der Waals surface area contributed by atoms with Crippen LogP contribution < -0.4 is 5.43 Å². The highest BCUT2D eigenvalue weighted by Crippen LogP contribution is 2.16. The lowest BCUT2D eigenvalue weighted by molar-refractivity contribution is -0.142. The van der Waals surface area contributed by atoms with Gasteiger partial charge < -0.3 is 9.47 Å². The molecule has 0 aliphatic heterocycles. The lowest BCUT2D eigenvalue weighted by atomic mass is 10.1. The van der Waals surface area contributed by atoms with Crippen molar-refractivity contribution in [2.75, 3.05) is 18.6 Å². The van der Waals surface area contributed by atoms with E-state index in [2.05, 4.69) is 22.1 Å². The number of ether oxygens (including phenoxy) is 2. The molecule has 0 atom stereocenters. The fourth-order valence-corrected chi connectivity index (χ4v) is 2.63. The van der Waals surface area contributed by atoms with Gasteiger partial charge in [-0.3, -0.25) is 10.2 Å². The van der Waals surface area contributed by atoms with E-state index in [1.807, 2.05) is 0 Å². The number of nitrogens with zero attached hydrogens (tertiary/aromatic N) is 2. The fourth-order valence-electron chi connectivity index (χ4n) is 1.97. The van der Waals surface area contributed by atoms with E-state index in [9.17, 15) is 9.18 Å². The average molecular weight is 377 g/mol. The van der Waals surface area contributed by atoms with Gasteiger partial charge in [0, 0.05) is 10.9 Å². The minimum absolute atomic E-state index is 0.121. The predicted molar refractivity (Wildman–Crippen MR) is 99.9 cm³/mol. The number of aromatic nitrogens is 1. The van der Waals surface area contributed by atoms with E-state index in [0.717, 1.165) is 0 Å². The zero-order valence-electron chi connectivity index (χ0n) is 14.4. The molecular formula is C18H20FN3O3S. The highest BCUT2D eigenvalue weighted by molar-refractivity contribution is 7.13. The number of carbonyl (C=O) groups is 1. The molecule has 0 spiro atoms. The van der Waals surface area contributed by atoms with Crippen molar-refractivity contribution in [1.82, 2.24) is 4.98 Å². The van der Waals surface area contributed by atoms with Gasteiger partial charge >= 0.3 is 5.97 Å². The molecule has 0 bridgehead atoms. The molecule has 2 aromatic rings. The van der Waals surface area contributed by atoms with Gasteiger partial charge in [-0.2, -0.15) is 5.10 Å². The zero-order chi connectivity index (χ0) is 18.8. The van der Waals surface area contributed by atoms with Crippen molar-refractivity contribution < 1.29 is 18.7 Å². The molecule has 1 aromatic heterocycles. The van der Waals surface area contributed by atoms with E-state index < -0.39 is 0 Å². The SMILES string of the molecule is C=CCOCc1ccc(C=NNc2nc(CC(=O)OCC)cs2)cc1F. The van der Waals surface area contributed by atoms with E-state index in [1.54, 1.807) is 30.5 Å². The lowest BCUT2D eigenvalue weighted by Crippen LogP contribution is -2.07. The molecular weight excluding hydrogens is 357 g/mol. The molecule has 0 unspecified atom stereocenters. The summed E-state index contributed by atoms with van der Waals surface area (Å²) >= 11 is 1.32. The van der Waals surface area contributed by atoms with Gasteiger partial charge in [-0.05, 0) is 18.6 Å². The van der Waals surface area contributed by atoms with Gasteiger partial charge in [0.05, 0.1) is 38.1 Å². The molecule has 0 aliphatic carbocycles. The molecule has 0 aliphatic rings. The van der Waals surface area contributed by atoms with Crippen LogP contribution in [0.25, 0.3) is 0 Å². The van der Waals surface area contributed by atoms with Crippen LogP contribution >= 0.6 is 11.3 Å². The molecule has 26 heavy (non-hydrogen) atoms. The number of hydrazone groups is 1. The Bertz CT molecular complexity index is 777. The third-order valence-corrected chi connectivity index (χ3v) is 3.92. The van der Waals surface area contributed by atoms with Crippen LogP contribution in [0.3, 0.4) is 0 Å². The fraction of sp³-hybridized carbons (Fsp3) is 0.278. The first-order chi connectivity index (χ1) is 12.6. The van der Waals surface area contributed by atoms with Gasteiger partial charge in [0.1, 0.15) is 5.82 Å². The van der Waals surface area contributed by atoms with Crippen molar-refractivity contribution in [2.24, 2.45) is 5.10 Å². The minimum Gasteiger partial charge on any atom is -0.466 e. The largest absolute Gasteiger partial charge is 0.466 e. The van der Waals surface area contributed by atoms with Crippen LogP contribution in [0.2, 0.25) is 0 Å². The van der Waals surface area contributed by atoms with Gasteiger partial charge in [0.25, 0.3) is 0 Å². The number of esters is 1. The first-order valence-corrected chi connectivity index (χ1v) is 8.86. The van der Waals surface area contributed by atoms with E-state index >= 15 is 0 Å². The normalized spacial score (nSPS) is 10.8. The maximum absolute atomic E-state index is 14.0. The molecule has 1 N–H and O–H groups in total. The smallest absolute Gasteiger partial charge is 0.311 e. The van der Waals surface area contributed by atoms with Gasteiger partial charge in [0.2, 0.25) is 5.13 Å². The Morgan fingerprint density at radius 3 is 3.08 bits per heavy atom. The number of hydrogen-bond donors (Lipinski definition) is 1. The Balaban J connectivity index is 1.88. The van der Waals surface area contributed by atoms with Crippen molar-refractivity contribution in [3.63, 3.8) is 0 Å². The van der Waals surface area contributed by atoms with Gasteiger partial charge in [-0.25, -0.2) is 9.37 Å². The van der Waals surface area contributed by atoms with Gasteiger partial charge in [-0.1, -0.05) is 18.2 Å². The Kier molecular flexibility index (Phi) is 7.91. The third kappa shape index (κ3) is 6.38. The van der Waals surface area contributed by atoms with Crippen molar-refractivity contribution in [1.29, 1.82) is 0 Å². The Labute approximate surface area is 155 Å². The van der Waals surface area contributed by atoms with Crippen molar-refractivity contribution in [2.45, 2.75) is 20.0 Å². The number of hydrogen-bond acceptors (Lipinski definition) is 7. The Hall–Kier alpha value is -2.58. The van der Waals surface area contributed by atoms with Crippen molar-refractivity contribution >= 4 is 28.7 Å². The molecule has 0 saturated heterocycles. The molecule has 6 nitrogen and oxygen atoms in total. The number of halogens is 1. The molecule has 138 valence electrons. The Morgan fingerprint density at radius 1 is 1.50 bits per heavy atom. The molecule has 8 heteroatoms. The first kappa shape index (κ1) is 19.7.